The summed E-state index contributed by atoms with van der Waals surface area (Å²) in [5, 5.41) is 6.30. The summed E-state index contributed by atoms with van der Waals surface area (Å²) in [6.07, 6.45) is 1.89. The normalized spacial score (nSPS) is 12.5. The molecule has 0 heterocycles. The van der Waals surface area contributed by atoms with Crippen molar-refractivity contribution in [2.45, 2.75) is 33.7 Å². The number of hydrogen-bond donors (Lipinski definition) is 2. The van der Waals surface area contributed by atoms with Crippen molar-refractivity contribution in [2.24, 2.45) is 4.99 Å². The zero-order valence-electron chi connectivity index (χ0n) is 15.5. The first-order valence-electron chi connectivity index (χ1n) is 8.50. The highest BCUT2D eigenvalue weighted by Gasteiger charge is 2.13. The number of rotatable bonds is 9. The summed E-state index contributed by atoms with van der Waals surface area (Å²) in [5.74, 6) is 0.400. The molecular weight excluding hydrogens is 343 g/mol. The number of guanidine groups is 1. The second kappa shape index (κ2) is 10.4. The number of hydrogen-bond acceptors (Lipinski definition) is 3. The molecule has 0 atom stereocenters. The van der Waals surface area contributed by atoms with E-state index < -0.39 is 10.0 Å². The van der Waals surface area contributed by atoms with E-state index in [1.54, 1.807) is 13.0 Å². The van der Waals surface area contributed by atoms with Gasteiger partial charge in [0.25, 0.3) is 0 Å². The molecule has 1 aromatic rings. The molecule has 0 amide bonds. The Morgan fingerprint density at radius 2 is 2.00 bits per heavy atom. The Hall–Kier alpha value is -1.67. The fraction of sp³-hybridized carbons (Fsp3) is 0.588. The molecule has 0 saturated heterocycles. The van der Waals surface area contributed by atoms with Gasteiger partial charge in [0.1, 0.15) is 5.82 Å². The first kappa shape index (κ1) is 21.4. The lowest BCUT2D eigenvalue weighted by atomic mass is 10.1. The minimum absolute atomic E-state index is 0.230. The summed E-state index contributed by atoms with van der Waals surface area (Å²) in [7, 11) is -3.16. The summed E-state index contributed by atoms with van der Waals surface area (Å²) in [6.45, 7) is 8.11. The zero-order valence-corrected chi connectivity index (χ0v) is 16.3. The molecule has 25 heavy (non-hydrogen) atoms. The maximum absolute atomic E-state index is 13.6. The van der Waals surface area contributed by atoms with Gasteiger partial charge in [0.15, 0.2) is 5.96 Å². The molecular formula is C17H29FN4O2S. The van der Waals surface area contributed by atoms with Crippen LogP contribution in [0.3, 0.4) is 0 Å². The van der Waals surface area contributed by atoms with Gasteiger partial charge in [-0.3, -0.25) is 0 Å². The smallest absolute Gasteiger partial charge is 0.211 e. The number of nitrogens with one attached hydrogen (secondary N) is 2. The van der Waals surface area contributed by atoms with Crippen molar-refractivity contribution >= 4 is 16.0 Å². The second-order valence-electron chi connectivity index (χ2n) is 5.81. The molecule has 0 aromatic heterocycles. The molecule has 0 fully saturated rings. The van der Waals surface area contributed by atoms with Crippen molar-refractivity contribution < 1.29 is 12.8 Å². The molecule has 1 rings (SSSR count). The third kappa shape index (κ3) is 7.83. The van der Waals surface area contributed by atoms with Gasteiger partial charge in [-0.2, -0.15) is 0 Å². The predicted octanol–water partition coefficient (Wildman–Crippen LogP) is 1.86. The van der Waals surface area contributed by atoms with E-state index in [2.05, 4.69) is 15.6 Å². The van der Waals surface area contributed by atoms with E-state index in [4.69, 9.17) is 0 Å². The topological polar surface area (TPSA) is 73.8 Å². The maximum atomic E-state index is 13.6. The first-order valence-corrected chi connectivity index (χ1v) is 10.3. The van der Waals surface area contributed by atoms with Crippen LogP contribution < -0.4 is 10.6 Å². The largest absolute Gasteiger partial charge is 0.357 e. The third-order valence-corrected chi connectivity index (χ3v) is 5.08. The van der Waals surface area contributed by atoms with Crippen LogP contribution in [0.5, 0.6) is 0 Å². The molecule has 1 aromatic carbocycles. The van der Waals surface area contributed by atoms with E-state index in [1.807, 2.05) is 19.9 Å². The molecule has 0 aliphatic heterocycles. The zero-order chi connectivity index (χ0) is 18.9. The lowest BCUT2D eigenvalue weighted by molar-refractivity contribution is 0.424. The average molecular weight is 373 g/mol. The SMILES string of the molecule is CCNC(=NCc1ccc(C)c(F)c1)NCCCN(CC)S(C)(=O)=O. The van der Waals surface area contributed by atoms with Crippen LogP contribution in [0.4, 0.5) is 4.39 Å². The molecule has 142 valence electrons. The van der Waals surface area contributed by atoms with E-state index in [9.17, 15) is 12.8 Å². The summed E-state index contributed by atoms with van der Waals surface area (Å²) in [6, 6.07) is 5.09. The Kier molecular flexibility index (Phi) is 8.85. The number of aryl methyl sites for hydroxylation is 1. The monoisotopic (exact) mass is 372 g/mol. The highest BCUT2D eigenvalue weighted by atomic mass is 32.2. The Morgan fingerprint density at radius 1 is 1.28 bits per heavy atom. The maximum Gasteiger partial charge on any atom is 0.211 e. The van der Waals surface area contributed by atoms with Crippen LogP contribution in [-0.2, 0) is 16.6 Å². The molecule has 0 aliphatic rings. The number of aliphatic imine (C=N–C) groups is 1. The Morgan fingerprint density at radius 3 is 2.56 bits per heavy atom. The average Bonchev–Trinajstić information content (AvgIpc) is 2.54. The van der Waals surface area contributed by atoms with Crippen molar-refractivity contribution in [1.29, 1.82) is 0 Å². The quantitative estimate of drug-likeness (QED) is 0.394. The lowest BCUT2D eigenvalue weighted by Crippen LogP contribution is -2.39. The van der Waals surface area contributed by atoms with Gasteiger partial charge in [0.2, 0.25) is 10.0 Å². The molecule has 0 spiro atoms. The molecule has 6 nitrogen and oxygen atoms in total. The van der Waals surface area contributed by atoms with Crippen LogP contribution in [0.2, 0.25) is 0 Å². The highest BCUT2D eigenvalue weighted by molar-refractivity contribution is 7.88. The number of sulfonamides is 1. The van der Waals surface area contributed by atoms with E-state index in [0.717, 1.165) is 5.56 Å². The third-order valence-electron chi connectivity index (χ3n) is 3.70. The molecule has 2 N–H and O–H groups in total. The van der Waals surface area contributed by atoms with Crippen LogP contribution in [0.1, 0.15) is 31.4 Å². The minimum Gasteiger partial charge on any atom is -0.357 e. The van der Waals surface area contributed by atoms with Crippen molar-refractivity contribution in [3.63, 3.8) is 0 Å². The van der Waals surface area contributed by atoms with Crippen LogP contribution in [0, 0.1) is 12.7 Å². The van der Waals surface area contributed by atoms with Gasteiger partial charge in [-0.1, -0.05) is 19.1 Å². The molecule has 0 radical (unpaired) electrons. The van der Waals surface area contributed by atoms with Crippen LogP contribution >= 0.6 is 0 Å². The van der Waals surface area contributed by atoms with Gasteiger partial charge >= 0.3 is 0 Å². The minimum atomic E-state index is -3.16. The van der Waals surface area contributed by atoms with E-state index in [1.165, 1.54) is 16.6 Å². The Balaban J connectivity index is 2.54. The van der Waals surface area contributed by atoms with Gasteiger partial charge in [-0.25, -0.2) is 22.1 Å². The van der Waals surface area contributed by atoms with Crippen molar-refractivity contribution in [3.05, 3.63) is 35.1 Å². The molecule has 8 heteroatoms. The summed E-state index contributed by atoms with van der Waals surface area (Å²) >= 11 is 0. The fourth-order valence-corrected chi connectivity index (χ4v) is 3.20. The van der Waals surface area contributed by atoms with E-state index >= 15 is 0 Å². The van der Waals surface area contributed by atoms with Crippen molar-refractivity contribution in [2.75, 3.05) is 32.4 Å². The Bertz CT molecular complexity index is 677. The van der Waals surface area contributed by atoms with Gasteiger partial charge in [0.05, 0.1) is 12.8 Å². The van der Waals surface area contributed by atoms with Crippen LogP contribution in [0.25, 0.3) is 0 Å². The van der Waals surface area contributed by atoms with Crippen LogP contribution in [-0.4, -0.2) is 51.1 Å². The summed E-state index contributed by atoms with van der Waals surface area (Å²) in [5.41, 5.74) is 1.42. The van der Waals surface area contributed by atoms with Gasteiger partial charge in [0, 0.05) is 26.2 Å². The molecule has 0 unspecified atom stereocenters. The number of benzene rings is 1. The number of nitrogens with zero attached hydrogens (tertiary/aromatic N) is 2. The fourth-order valence-electron chi connectivity index (χ4n) is 2.27. The lowest BCUT2D eigenvalue weighted by Gasteiger charge is -2.18. The van der Waals surface area contributed by atoms with Gasteiger partial charge in [-0.15, -0.1) is 0 Å². The highest BCUT2D eigenvalue weighted by Crippen LogP contribution is 2.09. The first-order chi connectivity index (χ1) is 11.8. The van der Waals surface area contributed by atoms with Crippen molar-refractivity contribution in [1.82, 2.24) is 14.9 Å². The molecule has 0 saturated carbocycles. The van der Waals surface area contributed by atoms with Crippen molar-refractivity contribution in [3.8, 4) is 0 Å². The molecule has 0 bridgehead atoms. The predicted molar refractivity (Wildman–Crippen MR) is 101 cm³/mol. The summed E-state index contributed by atoms with van der Waals surface area (Å²) in [4.78, 5) is 4.44. The second-order valence-corrected chi connectivity index (χ2v) is 7.80. The van der Waals surface area contributed by atoms with E-state index in [0.29, 0.717) is 50.7 Å². The standard InChI is InChI=1S/C17H29FN4O2S/c1-5-19-17(20-10-7-11-22(6-2)25(4,23)24)21-13-15-9-8-14(3)16(18)12-15/h8-9,12H,5-7,10-11,13H2,1-4H3,(H2,19,20,21). The van der Waals surface area contributed by atoms with E-state index in [-0.39, 0.29) is 5.82 Å². The van der Waals surface area contributed by atoms with Crippen LogP contribution in [0.15, 0.2) is 23.2 Å². The number of halogens is 1. The van der Waals surface area contributed by atoms with Gasteiger partial charge < -0.3 is 10.6 Å². The Labute approximate surface area is 150 Å². The van der Waals surface area contributed by atoms with Gasteiger partial charge in [-0.05, 0) is 37.5 Å². The molecule has 0 aliphatic carbocycles. The summed E-state index contributed by atoms with van der Waals surface area (Å²) < 4.78 is 38.1.